The fraction of sp³-hybridized carbons (Fsp3) is 0. The number of hydrogen-bond donors (Lipinski definition) is 0. The summed E-state index contributed by atoms with van der Waals surface area (Å²) in [5, 5.41) is 6.59. The van der Waals surface area contributed by atoms with E-state index >= 15 is 0 Å². The van der Waals surface area contributed by atoms with Crippen molar-refractivity contribution in [3.05, 3.63) is 176 Å². The van der Waals surface area contributed by atoms with E-state index in [9.17, 15) is 0 Å². The van der Waals surface area contributed by atoms with Crippen LogP contribution in [-0.4, -0.2) is 15.0 Å². The molecule has 0 N–H and O–H groups in total. The third-order valence-corrected chi connectivity index (χ3v) is 9.74. The first kappa shape index (κ1) is 29.0. The van der Waals surface area contributed by atoms with Gasteiger partial charge in [-0.2, -0.15) is 0 Å². The van der Waals surface area contributed by atoms with Crippen molar-refractivity contribution in [3.63, 3.8) is 0 Å². The highest BCUT2D eigenvalue weighted by molar-refractivity contribution is 6.22. The minimum atomic E-state index is 0.596. The number of benzene rings is 8. The van der Waals surface area contributed by atoms with Gasteiger partial charge in [-0.1, -0.05) is 164 Å². The van der Waals surface area contributed by atoms with E-state index in [-0.39, 0.29) is 0 Å². The quantitative estimate of drug-likeness (QED) is 0.186. The molecule has 0 saturated carbocycles. The first-order valence-corrected chi connectivity index (χ1v) is 17.1. The second-order valence-electron chi connectivity index (χ2n) is 12.8. The van der Waals surface area contributed by atoms with E-state index < -0.39 is 0 Å². The van der Waals surface area contributed by atoms with Crippen LogP contribution < -0.4 is 0 Å². The number of fused-ring (bicyclic) bond motifs is 6. The van der Waals surface area contributed by atoms with Crippen LogP contribution in [0.15, 0.2) is 180 Å². The summed E-state index contributed by atoms with van der Waals surface area (Å²) in [7, 11) is 0. The summed E-state index contributed by atoms with van der Waals surface area (Å²) in [6.45, 7) is 0. The van der Waals surface area contributed by atoms with Crippen LogP contribution in [0.4, 0.5) is 0 Å². The van der Waals surface area contributed by atoms with Crippen LogP contribution in [0.2, 0.25) is 0 Å². The molecule has 0 aliphatic heterocycles. The Morgan fingerprint density at radius 3 is 1.61 bits per heavy atom. The molecule has 0 radical (unpaired) electrons. The van der Waals surface area contributed by atoms with Crippen molar-refractivity contribution in [2.75, 3.05) is 0 Å². The van der Waals surface area contributed by atoms with Crippen molar-refractivity contribution in [2.45, 2.75) is 0 Å². The molecule has 2 heterocycles. The van der Waals surface area contributed by atoms with Gasteiger partial charge in [0, 0.05) is 32.8 Å². The van der Waals surface area contributed by atoms with Crippen molar-refractivity contribution < 1.29 is 4.42 Å². The molecular formula is C47H29N3O. The molecule has 0 fully saturated rings. The highest BCUT2D eigenvalue weighted by atomic mass is 16.3. The molecule has 0 aliphatic rings. The molecule has 0 bridgehead atoms. The maximum atomic E-state index is 6.66. The average molecular weight is 652 g/mol. The molecule has 8 aromatic carbocycles. The van der Waals surface area contributed by atoms with Crippen LogP contribution in [0.25, 0.3) is 99.9 Å². The monoisotopic (exact) mass is 651 g/mol. The van der Waals surface area contributed by atoms with Gasteiger partial charge in [0.1, 0.15) is 11.2 Å². The minimum Gasteiger partial charge on any atom is -0.455 e. The Kier molecular flexibility index (Phi) is 6.78. The Labute approximate surface area is 294 Å². The fourth-order valence-electron chi connectivity index (χ4n) is 7.30. The van der Waals surface area contributed by atoms with Gasteiger partial charge in [0.05, 0.1) is 0 Å². The third-order valence-electron chi connectivity index (χ3n) is 9.74. The van der Waals surface area contributed by atoms with E-state index in [1.165, 1.54) is 16.3 Å². The van der Waals surface area contributed by atoms with Crippen LogP contribution in [0.1, 0.15) is 0 Å². The zero-order chi connectivity index (χ0) is 33.7. The highest BCUT2D eigenvalue weighted by Crippen LogP contribution is 2.43. The average Bonchev–Trinajstić information content (AvgIpc) is 3.61. The van der Waals surface area contributed by atoms with Crippen LogP contribution in [-0.2, 0) is 0 Å². The predicted octanol–water partition coefficient (Wildman–Crippen LogP) is 12.4. The lowest BCUT2D eigenvalue weighted by atomic mass is 9.93. The highest BCUT2D eigenvalue weighted by Gasteiger charge is 2.21. The first-order valence-electron chi connectivity index (χ1n) is 17.1. The van der Waals surface area contributed by atoms with Gasteiger partial charge in [-0.3, -0.25) is 0 Å². The second kappa shape index (κ2) is 11.9. The molecule has 0 atom stereocenters. The van der Waals surface area contributed by atoms with E-state index in [1.807, 2.05) is 48.5 Å². The van der Waals surface area contributed by atoms with Crippen LogP contribution >= 0.6 is 0 Å². The largest absolute Gasteiger partial charge is 0.455 e. The van der Waals surface area contributed by atoms with E-state index in [4.69, 9.17) is 19.4 Å². The van der Waals surface area contributed by atoms with E-state index in [0.717, 1.165) is 66.1 Å². The topological polar surface area (TPSA) is 51.8 Å². The Balaban J connectivity index is 1.22. The summed E-state index contributed by atoms with van der Waals surface area (Å²) >= 11 is 0. The van der Waals surface area contributed by atoms with Crippen molar-refractivity contribution >= 4 is 43.5 Å². The van der Waals surface area contributed by atoms with E-state index in [1.54, 1.807) is 0 Å². The predicted molar refractivity (Wildman–Crippen MR) is 209 cm³/mol. The number of para-hydroxylation sites is 1. The summed E-state index contributed by atoms with van der Waals surface area (Å²) in [6.07, 6.45) is 0. The normalized spacial score (nSPS) is 11.5. The molecule has 10 rings (SSSR count). The van der Waals surface area contributed by atoms with Gasteiger partial charge in [0.2, 0.25) is 0 Å². The Bertz CT molecular complexity index is 2890. The second-order valence-corrected chi connectivity index (χ2v) is 12.8. The molecule has 4 nitrogen and oxygen atoms in total. The SMILES string of the molecule is c1ccc(-c2nc(-c3ccc(-c4cccc5ccccc45)cc3)nc(-c3cc4c(-c5ccccc5)cccc4c4oc5ccccc5c34)n2)cc1. The van der Waals surface area contributed by atoms with Gasteiger partial charge in [0.15, 0.2) is 17.5 Å². The Morgan fingerprint density at radius 1 is 0.333 bits per heavy atom. The zero-order valence-corrected chi connectivity index (χ0v) is 27.5. The number of nitrogens with zero attached hydrogens (tertiary/aromatic N) is 3. The van der Waals surface area contributed by atoms with Crippen molar-refractivity contribution in [2.24, 2.45) is 0 Å². The van der Waals surface area contributed by atoms with E-state index in [2.05, 4.69) is 127 Å². The third kappa shape index (κ3) is 4.96. The molecule has 51 heavy (non-hydrogen) atoms. The molecule has 0 unspecified atom stereocenters. The van der Waals surface area contributed by atoms with Gasteiger partial charge in [0.25, 0.3) is 0 Å². The summed E-state index contributed by atoms with van der Waals surface area (Å²) in [5.41, 5.74) is 8.99. The summed E-state index contributed by atoms with van der Waals surface area (Å²) < 4.78 is 6.66. The lowest BCUT2D eigenvalue weighted by Crippen LogP contribution is -2.00. The van der Waals surface area contributed by atoms with Crippen molar-refractivity contribution in [1.29, 1.82) is 0 Å². The number of furan rings is 1. The molecule has 10 aromatic rings. The lowest BCUT2D eigenvalue weighted by molar-refractivity contribution is 0.672. The summed E-state index contributed by atoms with van der Waals surface area (Å²) in [5.74, 6) is 1.82. The molecule has 4 heteroatoms. The van der Waals surface area contributed by atoms with Gasteiger partial charge >= 0.3 is 0 Å². The molecular weight excluding hydrogens is 623 g/mol. The van der Waals surface area contributed by atoms with Crippen LogP contribution in [0.5, 0.6) is 0 Å². The van der Waals surface area contributed by atoms with Crippen LogP contribution in [0.3, 0.4) is 0 Å². The number of aromatic nitrogens is 3. The van der Waals surface area contributed by atoms with Crippen molar-refractivity contribution in [1.82, 2.24) is 15.0 Å². The molecule has 0 saturated heterocycles. The zero-order valence-electron chi connectivity index (χ0n) is 27.5. The van der Waals surface area contributed by atoms with Gasteiger partial charge in [-0.05, 0) is 50.5 Å². The number of rotatable bonds is 5. The first-order chi connectivity index (χ1) is 25.3. The van der Waals surface area contributed by atoms with Crippen molar-refractivity contribution in [3.8, 4) is 56.4 Å². The summed E-state index contributed by atoms with van der Waals surface area (Å²) in [6, 6.07) is 61.0. The lowest BCUT2D eigenvalue weighted by Gasteiger charge is -2.13. The fourth-order valence-corrected chi connectivity index (χ4v) is 7.30. The van der Waals surface area contributed by atoms with Gasteiger partial charge in [-0.25, -0.2) is 15.0 Å². The van der Waals surface area contributed by atoms with Gasteiger partial charge in [-0.15, -0.1) is 0 Å². The molecule has 0 amide bonds. The maximum Gasteiger partial charge on any atom is 0.164 e. The Morgan fingerprint density at radius 2 is 0.843 bits per heavy atom. The molecule has 238 valence electrons. The maximum absolute atomic E-state index is 6.66. The Hall–Kier alpha value is -6.91. The molecule has 0 spiro atoms. The summed E-state index contributed by atoms with van der Waals surface area (Å²) in [4.78, 5) is 15.5. The minimum absolute atomic E-state index is 0.596. The number of hydrogen-bond acceptors (Lipinski definition) is 4. The molecule has 2 aromatic heterocycles. The smallest absolute Gasteiger partial charge is 0.164 e. The molecule has 0 aliphatic carbocycles. The van der Waals surface area contributed by atoms with Crippen LogP contribution in [0, 0.1) is 0 Å². The van der Waals surface area contributed by atoms with E-state index in [0.29, 0.717) is 17.5 Å². The standard InChI is InChI=1S/C47H29N3O/c1-3-13-30(14-4-1)37-22-12-23-38-40(37)29-41(43-39-20-9-10-24-42(39)51-44(38)43)47-49-45(33-16-5-2-6-17-33)48-46(50-47)34-27-25-32(26-28-34)36-21-11-18-31-15-7-8-19-35(31)36/h1-29H. The van der Waals surface area contributed by atoms with Gasteiger partial charge < -0.3 is 4.42 Å².